The topological polar surface area (TPSA) is 26.3 Å². The first kappa shape index (κ1) is 22.6. The van der Waals surface area contributed by atoms with Gasteiger partial charge in [-0.3, -0.25) is 0 Å². The Morgan fingerprint density at radius 2 is 1.22 bits per heavy atom. The van der Waals surface area contributed by atoms with Gasteiger partial charge in [0, 0.05) is 4.47 Å². The minimum absolute atomic E-state index is 0.223. The van der Waals surface area contributed by atoms with E-state index in [1.165, 1.54) is 5.56 Å². The lowest BCUT2D eigenvalue weighted by molar-refractivity contribution is 0.0729. The molecule has 2 aromatic carbocycles. The van der Waals surface area contributed by atoms with Crippen LogP contribution in [-0.2, 0) is 0 Å². The van der Waals surface area contributed by atoms with Gasteiger partial charge in [-0.15, -0.1) is 0 Å². The van der Waals surface area contributed by atoms with Crippen molar-refractivity contribution >= 4 is 53.8 Å². The number of rotatable bonds is 5. The summed E-state index contributed by atoms with van der Waals surface area (Å²) in [5.41, 5.74) is 4.02. The first-order valence-electron chi connectivity index (χ1n) is 9.07. The van der Waals surface area contributed by atoms with Gasteiger partial charge in [-0.05, 0) is 78.4 Å². The number of esters is 1. The van der Waals surface area contributed by atoms with E-state index in [9.17, 15) is 4.79 Å². The summed E-state index contributed by atoms with van der Waals surface area (Å²) >= 11 is 10.4. The number of carbonyl (C=O) groups excluding carboxylic acids is 1. The van der Waals surface area contributed by atoms with Crippen LogP contribution < -0.4 is 4.74 Å². The van der Waals surface area contributed by atoms with Crippen LogP contribution in [-0.4, -0.2) is 5.97 Å². The van der Waals surface area contributed by atoms with Crippen LogP contribution in [0.15, 0.2) is 37.7 Å². The Morgan fingerprint density at radius 1 is 0.778 bits per heavy atom. The van der Waals surface area contributed by atoms with Crippen LogP contribution in [0.1, 0.15) is 86.3 Å². The molecule has 0 saturated heterocycles. The number of carbonyl (C=O) groups is 1. The van der Waals surface area contributed by atoms with Crippen molar-refractivity contribution in [3.63, 3.8) is 0 Å². The Kier molecular flexibility index (Phi) is 7.74. The predicted octanol–water partition coefficient (Wildman–Crippen LogP) is 8.56. The van der Waals surface area contributed by atoms with E-state index in [-0.39, 0.29) is 17.8 Å². The molecule has 0 heterocycles. The van der Waals surface area contributed by atoms with E-state index in [0.717, 1.165) is 15.6 Å². The maximum Gasteiger partial charge on any atom is 0.344 e. The Morgan fingerprint density at radius 3 is 1.59 bits per heavy atom. The van der Waals surface area contributed by atoms with E-state index in [1.54, 1.807) is 0 Å². The lowest BCUT2D eigenvalue weighted by Gasteiger charge is -2.22. The fraction of sp³-hybridized carbons (Fsp3) is 0.409. The highest BCUT2D eigenvalue weighted by atomic mass is 79.9. The molecule has 0 saturated carbocycles. The van der Waals surface area contributed by atoms with Crippen LogP contribution >= 0.6 is 47.8 Å². The van der Waals surface area contributed by atoms with Crippen LogP contribution in [0.4, 0.5) is 0 Å². The zero-order chi connectivity index (χ0) is 20.5. The molecule has 2 nitrogen and oxygen atoms in total. The highest BCUT2D eigenvalue weighted by Crippen LogP contribution is 2.38. The average Bonchev–Trinajstić information content (AvgIpc) is 2.56. The van der Waals surface area contributed by atoms with Crippen molar-refractivity contribution in [1.29, 1.82) is 0 Å². The van der Waals surface area contributed by atoms with Crippen molar-refractivity contribution in [1.82, 2.24) is 0 Å². The van der Waals surface area contributed by atoms with Crippen LogP contribution in [0.25, 0.3) is 0 Å². The predicted molar refractivity (Wildman–Crippen MR) is 123 cm³/mol. The molecule has 0 spiro atoms. The van der Waals surface area contributed by atoms with Crippen molar-refractivity contribution in [2.45, 2.75) is 59.3 Å². The molecule has 0 aliphatic carbocycles. The molecular weight excluding hydrogens is 536 g/mol. The molecule has 2 aromatic rings. The maximum absolute atomic E-state index is 13.3. The number of ether oxygens (including phenoxy) is 1. The molecular formula is C22H25Br3O2. The third kappa shape index (κ3) is 5.24. The van der Waals surface area contributed by atoms with Crippen LogP contribution in [0.2, 0.25) is 0 Å². The Bertz CT molecular complexity index is 803. The van der Waals surface area contributed by atoms with Crippen molar-refractivity contribution in [2.75, 3.05) is 0 Å². The zero-order valence-corrected chi connectivity index (χ0v) is 21.2. The molecule has 146 valence electrons. The van der Waals surface area contributed by atoms with Crippen LogP contribution in [0.5, 0.6) is 5.75 Å². The molecule has 0 atom stereocenters. The summed E-state index contributed by atoms with van der Waals surface area (Å²) in [5, 5.41) is 0. The Labute approximate surface area is 187 Å². The molecule has 0 amide bonds. The van der Waals surface area contributed by atoms with Crippen molar-refractivity contribution < 1.29 is 9.53 Å². The average molecular weight is 561 g/mol. The van der Waals surface area contributed by atoms with Gasteiger partial charge < -0.3 is 4.74 Å². The van der Waals surface area contributed by atoms with E-state index in [0.29, 0.717) is 26.2 Å². The first-order valence-corrected chi connectivity index (χ1v) is 11.4. The summed E-state index contributed by atoms with van der Waals surface area (Å²) in [6, 6.07) is 8.04. The minimum Gasteiger partial charge on any atom is -0.420 e. The third-order valence-corrected chi connectivity index (χ3v) is 6.13. The van der Waals surface area contributed by atoms with Gasteiger partial charge in [0.05, 0.1) is 14.5 Å². The van der Waals surface area contributed by atoms with Crippen LogP contribution in [0.3, 0.4) is 0 Å². The highest BCUT2D eigenvalue weighted by molar-refractivity contribution is 9.11. The summed E-state index contributed by atoms with van der Waals surface area (Å²) in [4.78, 5) is 13.3. The molecule has 0 bridgehead atoms. The molecule has 0 unspecified atom stereocenters. The van der Waals surface area contributed by atoms with Gasteiger partial charge in [-0.1, -0.05) is 69.6 Å². The maximum atomic E-state index is 13.3. The quantitative estimate of drug-likeness (QED) is 0.270. The van der Waals surface area contributed by atoms with Gasteiger partial charge in [0.2, 0.25) is 0 Å². The lowest BCUT2D eigenvalue weighted by atomic mass is 9.84. The Hall–Kier alpha value is -0.650. The Balaban J connectivity index is 2.61. The lowest BCUT2D eigenvalue weighted by Crippen LogP contribution is -2.17. The molecule has 5 heteroatoms. The van der Waals surface area contributed by atoms with E-state index in [1.807, 2.05) is 12.1 Å². The van der Waals surface area contributed by atoms with E-state index in [4.69, 9.17) is 4.74 Å². The molecule has 0 aliphatic heterocycles. The molecule has 0 radical (unpaired) electrons. The second kappa shape index (κ2) is 9.23. The molecule has 27 heavy (non-hydrogen) atoms. The third-order valence-electron chi connectivity index (χ3n) is 4.49. The molecule has 0 fully saturated rings. The van der Waals surface area contributed by atoms with Gasteiger partial charge in [0.25, 0.3) is 0 Å². The van der Waals surface area contributed by atoms with Gasteiger partial charge in [-0.2, -0.15) is 0 Å². The number of hydrogen-bond donors (Lipinski definition) is 0. The van der Waals surface area contributed by atoms with Gasteiger partial charge in [-0.25, -0.2) is 4.79 Å². The monoisotopic (exact) mass is 558 g/mol. The molecule has 2 rings (SSSR count). The fourth-order valence-electron chi connectivity index (χ4n) is 2.96. The smallest absolute Gasteiger partial charge is 0.344 e. The molecule has 0 aliphatic rings. The highest BCUT2D eigenvalue weighted by Gasteiger charge is 2.25. The van der Waals surface area contributed by atoms with E-state index < -0.39 is 0 Å². The molecule has 0 N–H and O–H groups in total. The number of benzene rings is 2. The zero-order valence-electron chi connectivity index (χ0n) is 16.5. The van der Waals surface area contributed by atoms with Gasteiger partial charge >= 0.3 is 5.97 Å². The summed E-state index contributed by atoms with van der Waals surface area (Å²) in [7, 11) is 0. The summed E-state index contributed by atoms with van der Waals surface area (Å²) < 4.78 is 8.17. The first-order chi connectivity index (χ1) is 12.5. The fourth-order valence-corrected chi connectivity index (χ4v) is 5.38. The normalized spacial score (nSPS) is 11.6. The molecule has 0 aromatic heterocycles. The SMILES string of the molecule is CC(C)c1cc(C(C)C)c(C(=O)Oc2c(Br)cc(Br)cc2Br)c(C(C)C)c1. The second-order valence-electron chi connectivity index (χ2n) is 7.63. The minimum atomic E-state index is -0.318. The van der Waals surface area contributed by atoms with Gasteiger partial charge in [0.15, 0.2) is 5.75 Å². The second-order valence-corrected chi connectivity index (χ2v) is 10.3. The van der Waals surface area contributed by atoms with E-state index >= 15 is 0 Å². The van der Waals surface area contributed by atoms with Crippen molar-refractivity contribution in [3.05, 3.63) is 59.9 Å². The number of hydrogen-bond acceptors (Lipinski definition) is 2. The summed E-state index contributed by atoms with van der Waals surface area (Å²) in [5.74, 6) is 1.02. The number of halogens is 3. The largest absolute Gasteiger partial charge is 0.420 e. The van der Waals surface area contributed by atoms with Crippen LogP contribution in [0, 0.1) is 0 Å². The van der Waals surface area contributed by atoms with Crippen molar-refractivity contribution in [2.24, 2.45) is 0 Å². The summed E-state index contributed by atoms with van der Waals surface area (Å²) in [6.07, 6.45) is 0. The standard InChI is InChI=1S/C22H25Br3O2/c1-11(2)14-7-16(12(3)4)20(17(8-14)13(5)6)22(26)27-21-18(24)9-15(23)10-19(21)25/h7-13H,1-6H3. The van der Waals surface area contributed by atoms with E-state index in [2.05, 4.69) is 101 Å². The van der Waals surface area contributed by atoms with Gasteiger partial charge in [0.1, 0.15) is 0 Å². The summed E-state index contributed by atoms with van der Waals surface area (Å²) in [6.45, 7) is 12.8. The van der Waals surface area contributed by atoms with Crippen molar-refractivity contribution in [3.8, 4) is 5.75 Å².